The first kappa shape index (κ1) is 13.1. The first-order valence-corrected chi connectivity index (χ1v) is 6.13. The number of ether oxygens (including phenoxy) is 2. The van der Waals surface area contributed by atoms with E-state index in [1.165, 1.54) is 6.33 Å². The van der Waals surface area contributed by atoms with Gasteiger partial charge in [0.25, 0.3) is 0 Å². The molecule has 5 heteroatoms. The van der Waals surface area contributed by atoms with Crippen molar-refractivity contribution < 1.29 is 9.47 Å². The number of hydrogen-bond acceptors (Lipinski definition) is 5. The van der Waals surface area contributed by atoms with Gasteiger partial charge in [-0.25, -0.2) is 9.97 Å². The van der Waals surface area contributed by atoms with Crippen LogP contribution in [0.15, 0.2) is 36.7 Å². The molecule has 100 valence electrons. The molecule has 1 N–H and O–H groups in total. The Kier molecular flexibility index (Phi) is 4.55. The van der Waals surface area contributed by atoms with E-state index in [1.807, 2.05) is 31.2 Å². The number of nitrogens with zero attached hydrogens (tertiary/aromatic N) is 2. The van der Waals surface area contributed by atoms with Gasteiger partial charge in [0.2, 0.25) is 5.88 Å². The second kappa shape index (κ2) is 6.58. The molecule has 1 heterocycles. The van der Waals surface area contributed by atoms with Gasteiger partial charge in [-0.2, -0.15) is 0 Å². The van der Waals surface area contributed by atoms with Crippen molar-refractivity contribution in [2.45, 2.75) is 13.5 Å². The summed E-state index contributed by atoms with van der Waals surface area (Å²) in [6, 6.07) is 9.67. The van der Waals surface area contributed by atoms with Crippen LogP contribution in [-0.4, -0.2) is 23.7 Å². The molecule has 5 nitrogen and oxygen atoms in total. The lowest BCUT2D eigenvalue weighted by atomic mass is 10.2. The number of nitrogens with one attached hydrogen (secondary N) is 1. The summed E-state index contributed by atoms with van der Waals surface area (Å²) in [7, 11) is 1.66. The van der Waals surface area contributed by atoms with Gasteiger partial charge in [-0.3, -0.25) is 0 Å². The summed E-state index contributed by atoms with van der Waals surface area (Å²) in [4.78, 5) is 8.16. The largest absolute Gasteiger partial charge is 0.497 e. The zero-order valence-electron chi connectivity index (χ0n) is 11.1. The highest BCUT2D eigenvalue weighted by Crippen LogP contribution is 2.14. The quantitative estimate of drug-likeness (QED) is 0.863. The number of hydrogen-bond donors (Lipinski definition) is 1. The molecule has 0 amide bonds. The number of benzene rings is 1. The topological polar surface area (TPSA) is 56.3 Å². The van der Waals surface area contributed by atoms with Crippen molar-refractivity contribution in [1.82, 2.24) is 9.97 Å². The minimum absolute atomic E-state index is 0.578. The van der Waals surface area contributed by atoms with Crippen LogP contribution in [0.4, 0.5) is 5.82 Å². The normalized spacial score (nSPS) is 10.0. The predicted octanol–water partition coefficient (Wildman–Crippen LogP) is 2.50. The van der Waals surface area contributed by atoms with Crippen LogP contribution in [0, 0.1) is 0 Å². The summed E-state index contributed by atoms with van der Waals surface area (Å²) in [5, 5.41) is 3.23. The van der Waals surface area contributed by atoms with Gasteiger partial charge in [-0.15, -0.1) is 0 Å². The Morgan fingerprint density at radius 2 is 1.95 bits per heavy atom. The summed E-state index contributed by atoms with van der Waals surface area (Å²) in [6.45, 7) is 3.20. The third-order valence-corrected chi connectivity index (χ3v) is 2.57. The van der Waals surface area contributed by atoms with Crippen LogP contribution in [-0.2, 0) is 6.54 Å². The Labute approximate surface area is 112 Å². The van der Waals surface area contributed by atoms with Crippen LogP contribution in [0.1, 0.15) is 12.5 Å². The number of methoxy groups -OCH3 is 1. The standard InChI is InChI=1S/C14H17N3O2/c1-3-19-14-8-13(16-10-17-14)15-9-11-4-6-12(18-2)7-5-11/h4-8,10H,3,9H2,1-2H3,(H,15,16,17). The fraction of sp³-hybridized carbons (Fsp3) is 0.286. The molecule has 0 saturated carbocycles. The molecule has 2 aromatic rings. The summed E-state index contributed by atoms with van der Waals surface area (Å²) in [6.07, 6.45) is 1.49. The summed E-state index contributed by atoms with van der Waals surface area (Å²) < 4.78 is 10.4. The van der Waals surface area contributed by atoms with Crippen molar-refractivity contribution in [3.05, 3.63) is 42.2 Å². The average Bonchev–Trinajstić information content (AvgIpc) is 2.46. The first-order chi connectivity index (χ1) is 9.31. The smallest absolute Gasteiger partial charge is 0.218 e. The van der Waals surface area contributed by atoms with Crippen molar-refractivity contribution in [3.63, 3.8) is 0 Å². The monoisotopic (exact) mass is 259 g/mol. The lowest BCUT2D eigenvalue weighted by Gasteiger charge is -2.07. The molecule has 0 unspecified atom stereocenters. The van der Waals surface area contributed by atoms with Crippen LogP contribution in [0.25, 0.3) is 0 Å². The molecule has 2 rings (SSSR count). The maximum Gasteiger partial charge on any atom is 0.218 e. The molecular weight excluding hydrogens is 242 g/mol. The van der Waals surface area contributed by atoms with Crippen molar-refractivity contribution in [2.24, 2.45) is 0 Å². The Morgan fingerprint density at radius 3 is 2.63 bits per heavy atom. The van der Waals surface area contributed by atoms with E-state index in [1.54, 1.807) is 13.2 Å². The molecule has 19 heavy (non-hydrogen) atoms. The second-order valence-corrected chi connectivity index (χ2v) is 3.88. The van der Waals surface area contributed by atoms with Crippen molar-refractivity contribution in [1.29, 1.82) is 0 Å². The Morgan fingerprint density at radius 1 is 1.16 bits per heavy atom. The Hall–Kier alpha value is -2.30. The lowest BCUT2D eigenvalue weighted by molar-refractivity contribution is 0.326. The van der Waals surface area contributed by atoms with E-state index in [0.29, 0.717) is 19.0 Å². The third-order valence-electron chi connectivity index (χ3n) is 2.57. The van der Waals surface area contributed by atoms with Gasteiger partial charge in [0.15, 0.2) is 0 Å². The number of rotatable bonds is 6. The predicted molar refractivity (Wildman–Crippen MR) is 73.5 cm³/mol. The van der Waals surface area contributed by atoms with Gasteiger partial charge in [0, 0.05) is 12.6 Å². The summed E-state index contributed by atoms with van der Waals surface area (Å²) >= 11 is 0. The SMILES string of the molecule is CCOc1cc(NCc2ccc(OC)cc2)ncn1. The highest BCUT2D eigenvalue weighted by atomic mass is 16.5. The minimum atomic E-state index is 0.578. The van der Waals surface area contributed by atoms with Crippen LogP contribution < -0.4 is 14.8 Å². The van der Waals surface area contributed by atoms with Crippen molar-refractivity contribution >= 4 is 5.82 Å². The average molecular weight is 259 g/mol. The van der Waals surface area contributed by atoms with E-state index in [9.17, 15) is 0 Å². The van der Waals surface area contributed by atoms with Crippen molar-refractivity contribution in [3.8, 4) is 11.6 Å². The van der Waals surface area contributed by atoms with Crippen LogP contribution in [0.3, 0.4) is 0 Å². The molecule has 0 aliphatic rings. The van der Waals surface area contributed by atoms with E-state index < -0.39 is 0 Å². The lowest BCUT2D eigenvalue weighted by Crippen LogP contribution is -2.03. The van der Waals surface area contributed by atoms with Gasteiger partial charge in [-0.1, -0.05) is 12.1 Å². The first-order valence-electron chi connectivity index (χ1n) is 6.13. The fourth-order valence-corrected chi connectivity index (χ4v) is 1.60. The molecule has 0 bridgehead atoms. The van der Waals surface area contributed by atoms with Gasteiger partial charge in [-0.05, 0) is 24.6 Å². The molecule has 0 fully saturated rings. The highest BCUT2D eigenvalue weighted by Gasteiger charge is 1.99. The van der Waals surface area contributed by atoms with E-state index >= 15 is 0 Å². The zero-order valence-corrected chi connectivity index (χ0v) is 11.1. The highest BCUT2D eigenvalue weighted by molar-refractivity contribution is 5.38. The molecule has 1 aromatic carbocycles. The minimum Gasteiger partial charge on any atom is -0.497 e. The van der Waals surface area contributed by atoms with Crippen LogP contribution in [0.2, 0.25) is 0 Å². The molecule has 0 saturated heterocycles. The number of aromatic nitrogens is 2. The number of anilines is 1. The molecule has 0 aliphatic carbocycles. The van der Waals surface area contributed by atoms with Crippen molar-refractivity contribution in [2.75, 3.05) is 19.0 Å². The molecule has 1 aromatic heterocycles. The molecule has 0 aliphatic heterocycles. The van der Waals surface area contributed by atoms with E-state index in [-0.39, 0.29) is 0 Å². The fourth-order valence-electron chi connectivity index (χ4n) is 1.60. The van der Waals surface area contributed by atoms with E-state index in [0.717, 1.165) is 17.1 Å². The molecule has 0 radical (unpaired) electrons. The summed E-state index contributed by atoms with van der Waals surface area (Å²) in [5.41, 5.74) is 1.15. The second-order valence-electron chi connectivity index (χ2n) is 3.88. The molecule has 0 atom stereocenters. The van der Waals surface area contributed by atoms with E-state index in [4.69, 9.17) is 9.47 Å². The Balaban J connectivity index is 1.95. The maximum absolute atomic E-state index is 5.32. The van der Waals surface area contributed by atoms with Crippen LogP contribution in [0.5, 0.6) is 11.6 Å². The molecule has 0 spiro atoms. The molecular formula is C14H17N3O2. The van der Waals surface area contributed by atoms with Gasteiger partial charge in [0.1, 0.15) is 17.9 Å². The van der Waals surface area contributed by atoms with Gasteiger partial charge >= 0.3 is 0 Å². The summed E-state index contributed by atoms with van der Waals surface area (Å²) in [5.74, 6) is 2.17. The third kappa shape index (κ3) is 3.84. The zero-order chi connectivity index (χ0) is 13.5. The Bertz CT molecular complexity index is 514. The van der Waals surface area contributed by atoms with Gasteiger partial charge < -0.3 is 14.8 Å². The van der Waals surface area contributed by atoms with E-state index in [2.05, 4.69) is 15.3 Å². The van der Waals surface area contributed by atoms with Gasteiger partial charge in [0.05, 0.1) is 13.7 Å². The van der Waals surface area contributed by atoms with Crippen LogP contribution >= 0.6 is 0 Å². The maximum atomic E-state index is 5.32.